The van der Waals surface area contributed by atoms with Gasteiger partial charge in [-0.25, -0.2) is 4.98 Å². The van der Waals surface area contributed by atoms with Crippen LogP contribution < -0.4 is 0 Å². The van der Waals surface area contributed by atoms with Gasteiger partial charge in [-0.05, 0) is 31.6 Å². The topological polar surface area (TPSA) is 33.2 Å². The van der Waals surface area contributed by atoms with Crippen LogP contribution in [-0.2, 0) is 0 Å². The van der Waals surface area contributed by atoms with Gasteiger partial charge >= 0.3 is 0 Å². The molecule has 1 aliphatic rings. The normalized spacial score (nSPS) is 22.2. The summed E-state index contributed by atoms with van der Waals surface area (Å²) in [5.74, 6) is 0.436. The van der Waals surface area contributed by atoms with E-state index in [0.29, 0.717) is 5.92 Å². The fourth-order valence-corrected chi connectivity index (χ4v) is 3.40. The number of carbonyl (C=O) groups excluding carboxylic acids is 1. The molecule has 0 aromatic carbocycles. The Morgan fingerprint density at radius 1 is 1.05 bits per heavy atom. The summed E-state index contributed by atoms with van der Waals surface area (Å²) in [5, 5.41) is 0.161. The van der Waals surface area contributed by atoms with Gasteiger partial charge in [0.15, 0.2) is 0 Å². The Hall–Kier alpha value is -0.220. The molecule has 0 atom stereocenters. The maximum absolute atomic E-state index is 12.6. The zero-order valence-corrected chi connectivity index (χ0v) is 14.8. The van der Waals surface area contributed by atoms with Crippen molar-refractivity contribution in [1.82, 2.24) is 9.88 Å². The molecule has 7 heteroatoms. The molecule has 0 radical (unpaired) electrons. The van der Waals surface area contributed by atoms with Gasteiger partial charge in [0, 0.05) is 13.1 Å². The van der Waals surface area contributed by atoms with Crippen LogP contribution in [0.15, 0.2) is 0 Å². The Morgan fingerprint density at radius 3 is 2.19 bits per heavy atom. The van der Waals surface area contributed by atoms with Crippen LogP contribution in [0.3, 0.4) is 0 Å². The Labute approximate surface area is 144 Å². The quantitative estimate of drug-likeness (QED) is 0.658. The number of rotatable bonds is 2. The number of nitrogens with zero attached hydrogens (tertiary/aromatic N) is 2. The van der Waals surface area contributed by atoms with Crippen LogP contribution in [0.25, 0.3) is 0 Å². The fraction of sp³-hybridized carbons (Fsp3) is 0.571. The summed E-state index contributed by atoms with van der Waals surface area (Å²) in [5.41, 5.74) is 0.0530. The van der Waals surface area contributed by atoms with Gasteiger partial charge in [-0.1, -0.05) is 53.3 Å². The highest BCUT2D eigenvalue weighted by Gasteiger charge is 2.29. The van der Waals surface area contributed by atoms with E-state index in [9.17, 15) is 4.79 Å². The predicted molar refractivity (Wildman–Crippen MR) is 87.8 cm³/mol. The van der Waals surface area contributed by atoms with Crippen molar-refractivity contribution < 1.29 is 4.79 Å². The van der Waals surface area contributed by atoms with Crippen LogP contribution >= 0.6 is 46.4 Å². The van der Waals surface area contributed by atoms with E-state index < -0.39 is 0 Å². The smallest absolute Gasteiger partial charge is 0.274 e. The third kappa shape index (κ3) is 3.58. The maximum Gasteiger partial charge on any atom is 0.274 e. The summed E-state index contributed by atoms with van der Waals surface area (Å²) in [6.07, 6.45) is 4.20. The first-order valence-electron chi connectivity index (χ1n) is 6.80. The number of hydrogen-bond donors (Lipinski definition) is 0. The van der Waals surface area contributed by atoms with Crippen LogP contribution in [0.2, 0.25) is 20.2 Å². The molecule has 1 aliphatic carbocycles. The van der Waals surface area contributed by atoms with Crippen molar-refractivity contribution in [3.8, 4) is 0 Å². The van der Waals surface area contributed by atoms with Crippen molar-refractivity contribution in [2.24, 2.45) is 5.92 Å². The SMILES string of the molecule is CC1CCC(N(C)C(=O)c2nc(Cl)c(Cl)c(Cl)c2Cl)CC1. The molecule has 21 heavy (non-hydrogen) atoms. The van der Waals surface area contributed by atoms with Crippen LogP contribution in [0.1, 0.15) is 43.1 Å². The highest BCUT2D eigenvalue weighted by molar-refractivity contribution is 6.52. The van der Waals surface area contributed by atoms with Crippen molar-refractivity contribution in [2.75, 3.05) is 7.05 Å². The van der Waals surface area contributed by atoms with Gasteiger partial charge in [-0.3, -0.25) is 4.79 Å². The number of pyridine rings is 1. The first-order chi connectivity index (χ1) is 9.82. The number of carbonyl (C=O) groups is 1. The molecule has 0 bridgehead atoms. The molecule has 1 aromatic rings. The molecular weight excluding hydrogens is 354 g/mol. The molecule has 2 rings (SSSR count). The lowest BCUT2D eigenvalue weighted by Gasteiger charge is -2.33. The first kappa shape index (κ1) is 17.1. The second-order valence-electron chi connectivity index (χ2n) is 5.52. The van der Waals surface area contributed by atoms with E-state index in [1.807, 2.05) is 0 Å². The summed E-state index contributed by atoms with van der Waals surface area (Å²) in [6, 6.07) is 0.194. The van der Waals surface area contributed by atoms with E-state index in [1.165, 1.54) is 0 Å². The zero-order chi connectivity index (χ0) is 15.7. The van der Waals surface area contributed by atoms with Crippen molar-refractivity contribution in [3.05, 3.63) is 25.9 Å². The monoisotopic (exact) mass is 368 g/mol. The Morgan fingerprint density at radius 2 is 1.62 bits per heavy atom. The molecule has 1 fully saturated rings. The minimum Gasteiger partial charge on any atom is -0.337 e. The average molecular weight is 370 g/mol. The van der Waals surface area contributed by atoms with Crippen molar-refractivity contribution >= 4 is 52.3 Å². The second-order valence-corrected chi connectivity index (χ2v) is 7.01. The largest absolute Gasteiger partial charge is 0.337 e. The van der Waals surface area contributed by atoms with E-state index in [1.54, 1.807) is 11.9 Å². The number of amides is 1. The lowest BCUT2D eigenvalue weighted by molar-refractivity contribution is 0.0674. The van der Waals surface area contributed by atoms with Gasteiger partial charge < -0.3 is 4.90 Å². The van der Waals surface area contributed by atoms with Crippen molar-refractivity contribution in [2.45, 2.75) is 38.6 Å². The Kier molecular flexibility index (Phi) is 5.64. The molecule has 1 aromatic heterocycles. The molecule has 1 saturated carbocycles. The van der Waals surface area contributed by atoms with E-state index in [2.05, 4.69) is 11.9 Å². The molecule has 1 heterocycles. The van der Waals surface area contributed by atoms with E-state index in [0.717, 1.165) is 25.7 Å². The van der Waals surface area contributed by atoms with Gasteiger partial charge in [0.2, 0.25) is 0 Å². The molecule has 0 spiro atoms. The summed E-state index contributed by atoms with van der Waals surface area (Å²) >= 11 is 23.8. The summed E-state index contributed by atoms with van der Waals surface area (Å²) in [6.45, 7) is 2.23. The summed E-state index contributed by atoms with van der Waals surface area (Å²) in [4.78, 5) is 18.3. The molecule has 116 valence electrons. The highest BCUT2D eigenvalue weighted by Crippen LogP contribution is 2.37. The standard InChI is InChI=1S/C14H16Cl4N2O/c1-7-3-5-8(6-4-7)20(2)14(21)12-10(16)9(15)11(17)13(18)19-12/h7-8H,3-6H2,1-2H3. The van der Waals surface area contributed by atoms with Crippen LogP contribution in [-0.4, -0.2) is 28.9 Å². The third-order valence-electron chi connectivity index (χ3n) is 4.04. The zero-order valence-electron chi connectivity index (χ0n) is 11.8. The molecule has 1 amide bonds. The summed E-state index contributed by atoms with van der Waals surface area (Å²) in [7, 11) is 1.76. The molecule has 0 aliphatic heterocycles. The lowest BCUT2D eigenvalue weighted by Crippen LogP contribution is -2.39. The van der Waals surface area contributed by atoms with Crippen molar-refractivity contribution in [1.29, 1.82) is 0 Å². The van der Waals surface area contributed by atoms with E-state index in [4.69, 9.17) is 46.4 Å². The number of hydrogen-bond acceptors (Lipinski definition) is 2. The molecule has 0 unspecified atom stereocenters. The van der Waals surface area contributed by atoms with Gasteiger partial charge in [0.1, 0.15) is 10.8 Å². The van der Waals surface area contributed by atoms with E-state index in [-0.39, 0.29) is 37.9 Å². The van der Waals surface area contributed by atoms with Gasteiger partial charge in [-0.15, -0.1) is 0 Å². The van der Waals surface area contributed by atoms with Gasteiger partial charge in [0.25, 0.3) is 5.91 Å². The third-order valence-corrected chi connectivity index (χ3v) is 5.72. The average Bonchev–Trinajstić information content (AvgIpc) is 2.48. The molecule has 0 N–H and O–H groups in total. The molecule has 0 saturated heterocycles. The lowest BCUT2D eigenvalue weighted by atomic mass is 9.86. The minimum absolute atomic E-state index is 0.0138. The van der Waals surface area contributed by atoms with Crippen LogP contribution in [0.4, 0.5) is 0 Å². The van der Waals surface area contributed by atoms with Crippen molar-refractivity contribution in [3.63, 3.8) is 0 Å². The van der Waals surface area contributed by atoms with Gasteiger partial charge in [0.05, 0.1) is 15.1 Å². The van der Waals surface area contributed by atoms with Crippen LogP contribution in [0.5, 0.6) is 0 Å². The number of halogens is 4. The fourth-order valence-electron chi connectivity index (χ4n) is 2.59. The van der Waals surface area contributed by atoms with E-state index >= 15 is 0 Å². The molecule has 3 nitrogen and oxygen atoms in total. The first-order valence-corrected chi connectivity index (χ1v) is 8.31. The summed E-state index contributed by atoms with van der Waals surface area (Å²) < 4.78 is 0. The van der Waals surface area contributed by atoms with Crippen LogP contribution in [0, 0.1) is 5.92 Å². The second kappa shape index (κ2) is 6.91. The molecular formula is C14H16Cl4N2O. The minimum atomic E-state index is -0.278. The maximum atomic E-state index is 12.6. The Bertz CT molecular complexity index is 556. The predicted octanol–water partition coefficient (Wildman–Crippen LogP) is 5.35. The van der Waals surface area contributed by atoms with Gasteiger partial charge in [-0.2, -0.15) is 0 Å². The Balaban J connectivity index is 2.24. The number of aromatic nitrogens is 1. The highest BCUT2D eigenvalue weighted by atomic mass is 35.5.